The molecule has 2 aromatic carbocycles. The highest BCUT2D eigenvalue weighted by atomic mass is 15.2. The van der Waals surface area contributed by atoms with E-state index in [1.165, 1.54) is 37.9 Å². The molecule has 4 rings (SSSR count). The van der Waals surface area contributed by atoms with Crippen molar-refractivity contribution in [3.05, 3.63) is 71.3 Å². The molecule has 25 heavy (non-hydrogen) atoms. The van der Waals surface area contributed by atoms with Crippen LogP contribution in [0.3, 0.4) is 0 Å². The van der Waals surface area contributed by atoms with E-state index in [-0.39, 0.29) is 0 Å². The fraction of sp³-hybridized carbons (Fsp3) is 0.455. The summed E-state index contributed by atoms with van der Waals surface area (Å²) < 4.78 is 0. The molecule has 1 aliphatic heterocycles. The number of hydrogen-bond acceptors (Lipinski definition) is 2. The lowest BCUT2D eigenvalue weighted by atomic mass is 9.73. The molecule has 1 aliphatic carbocycles. The van der Waals surface area contributed by atoms with Gasteiger partial charge < -0.3 is 4.81 Å². The van der Waals surface area contributed by atoms with Gasteiger partial charge in [0.05, 0.1) is 0 Å². The minimum absolute atomic E-state index is 0.387. The van der Waals surface area contributed by atoms with Crippen molar-refractivity contribution < 1.29 is 0 Å². The second-order valence-corrected chi connectivity index (χ2v) is 8.14. The third-order valence-corrected chi connectivity index (χ3v) is 6.80. The average molecular weight is 332 g/mol. The first-order chi connectivity index (χ1) is 12.1. The van der Waals surface area contributed by atoms with Gasteiger partial charge in [0.1, 0.15) is 0 Å². The molecule has 1 fully saturated rings. The molecule has 0 aromatic heterocycles. The van der Waals surface area contributed by atoms with Gasteiger partial charge in [-0.25, -0.2) is 0 Å². The summed E-state index contributed by atoms with van der Waals surface area (Å²) in [6.07, 6.45) is 3.86. The maximum Gasteiger partial charge on any atom is 0.185 e. The molecule has 2 atom stereocenters. The van der Waals surface area contributed by atoms with E-state index >= 15 is 0 Å². The summed E-state index contributed by atoms with van der Waals surface area (Å²) in [6, 6.07) is 21.1. The van der Waals surface area contributed by atoms with Crippen LogP contribution in [0.2, 0.25) is 0 Å². The van der Waals surface area contributed by atoms with Gasteiger partial charge in [-0.2, -0.15) is 0 Å². The van der Waals surface area contributed by atoms with Crippen molar-refractivity contribution in [3.8, 4) is 0 Å². The van der Waals surface area contributed by atoms with Crippen LogP contribution >= 0.6 is 0 Å². The molecule has 0 saturated carbocycles. The summed E-state index contributed by atoms with van der Waals surface area (Å²) in [6.45, 7) is 4.79. The van der Waals surface area contributed by atoms with Crippen molar-refractivity contribution in [1.29, 1.82) is 0 Å². The molecule has 0 amide bonds. The molecule has 0 bridgehead atoms. The molecule has 0 unspecified atom stereocenters. The monoisotopic (exact) mass is 332 g/mol. The van der Waals surface area contributed by atoms with Gasteiger partial charge in [-0.3, -0.25) is 4.90 Å². The predicted octanol–water partition coefficient (Wildman–Crippen LogP) is 3.71. The van der Waals surface area contributed by atoms with Gasteiger partial charge in [0.2, 0.25) is 0 Å². The minimum Gasteiger partial charge on any atom is -0.349 e. The first kappa shape index (κ1) is 16.9. The summed E-state index contributed by atoms with van der Waals surface area (Å²) in [5.41, 5.74) is 4.99. The van der Waals surface area contributed by atoms with E-state index < -0.39 is 0 Å². The van der Waals surface area contributed by atoms with Crippen molar-refractivity contribution in [2.45, 2.75) is 43.7 Å². The number of benzene rings is 2. The van der Waals surface area contributed by atoms with Crippen LogP contribution in [0.5, 0.6) is 0 Å². The van der Waals surface area contributed by atoms with Crippen LogP contribution in [0.4, 0.5) is 0 Å². The van der Waals surface area contributed by atoms with Gasteiger partial charge in [-0.15, -0.1) is 0 Å². The molecule has 2 aliphatic rings. The second kappa shape index (κ2) is 6.62. The smallest absolute Gasteiger partial charge is 0.185 e. The van der Waals surface area contributed by atoms with Crippen molar-refractivity contribution >= 4 is 7.98 Å². The minimum atomic E-state index is 0.387. The Labute approximate surface area is 153 Å². The molecular formula is C22H29BN2. The second-order valence-electron chi connectivity index (χ2n) is 8.14. The maximum absolute atomic E-state index is 2.60. The highest BCUT2D eigenvalue weighted by Gasteiger charge is 2.46. The van der Waals surface area contributed by atoms with Crippen LogP contribution in [0.15, 0.2) is 54.6 Å². The van der Waals surface area contributed by atoms with Gasteiger partial charge in [-0.1, -0.05) is 54.6 Å². The number of piperidine rings is 1. The quantitative estimate of drug-likeness (QED) is 0.791. The largest absolute Gasteiger partial charge is 0.349 e. The number of rotatable bonds is 3. The zero-order chi connectivity index (χ0) is 17.4. The van der Waals surface area contributed by atoms with Crippen molar-refractivity contribution in [1.82, 2.24) is 9.71 Å². The van der Waals surface area contributed by atoms with Crippen LogP contribution in [0, 0.1) is 0 Å². The molecule has 130 valence electrons. The third-order valence-electron chi connectivity index (χ3n) is 6.80. The summed E-state index contributed by atoms with van der Waals surface area (Å²) in [5, 5.41) is 0. The Morgan fingerprint density at radius 3 is 2.40 bits per heavy atom. The highest BCUT2D eigenvalue weighted by Crippen LogP contribution is 2.53. The number of hydrogen-bond donors (Lipinski definition) is 0. The maximum atomic E-state index is 2.60. The van der Waals surface area contributed by atoms with Crippen molar-refractivity contribution in [2.75, 3.05) is 20.1 Å². The molecule has 2 aromatic rings. The van der Waals surface area contributed by atoms with Crippen LogP contribution in [-0.4, -0.2) is 37.8 Å². The van der Waals surface area contributed by atoms with Crippen molar-refractivity contribution in [3.63, 3.8) is 0 Å². The van der Waals surface area contributed by atoms with E-state index in [0.29, 0.717) is 17.5 Å². The van der Waals surface area contributed by atoms with E-state index in [1.807, 2.05) is 0 Å². The molecule has 1 heterocycles. The molecule has 1 spiro atoms. The van der Waals surface area contributed by atoms with E-state index in [1.54, 1.807) is 11.1 Å². The lowest BCUT2D eigenvalue weighted by Crippen LogP contribution is -2.40. The fourth-order valence-electron chi connectivity index (χ4n) is 4.98. The Hall–Kier alpha value is -1.58. The Morgan fingerprint density at radius 2 is 1.68 bits per heavy atom. The third kappa shape index (κ3) is 2.94. The van der Waals surface area contributed by atoms with Gasteiger partial charge >= 0.3 is 0 Å². The van der Waals surface area contributed by atoms with Crippen LogP contribution < -0.4 is 0 Å². The Bertz CT molecular complexity index is 722. The van der Waals surface area contributed by atoms with E-state index in [0.717, 1.165) is 0 Å². The van der Waals surface area contributed by atoms with Gasteiger partial charge in [0, 0.05) is 12.1 Å². The Kier molecular flexibility index (Phi) is 4.47. The molecule has 3 heteroatoms. The summed E-state index contributed by atoms with van der Waals surface area (Å²) in [4.78, 5) is 5.08. The van der Waals surface area contributed by atoms with Crippen LogP contribution in [0.25, 0.3) is 0 Å². The highest BCUT2D eigenvalue weighted by molar-refractivity contribution is 6.04. The molecule has 2 nitrogen and oxygen atoms in total. The van der Waals surface area contributed by atoms with E-state index in [9.17, 15) is 0 Å². The zero-order valence-electron chi connectivity index (χ0n) is 15.8. The van der Waals surface area contributed by atoms with E-state index in [4.69, 9.17) is 0 Å². The molecule has 1 saturated heterocycles. The lowest BCUT2D eigenvalue weighted by Gasteiger charge is -2.40. The van der Waals surface area contributed by atoms with Gasteiger partial charge in [0.15, 0.2) is 7.98 Å². The summed E-state index contributed by atoms with van der Waals surface area (Å²) >= 11 is 0. The molecule has 0 radical (unpaired) electrons. The topological polar surface area (TPSA) is 6.48 Å². The first-order valence-corrected chi connectivity index (χ1v) is 9.65. The SMILES string of the molecule is BN1CCC2(CC1)C[C@H](N(C)[C@@H](C)c1ccccc1)c1ccccc12. The molecular weight excluding hydrogens is 303 g/mol. The van der Waals surface area contributed by atoms with Gasteiger partial charge in [-0.05, 0) is 68.4 Å². The van der Waals surface area contributed by atoms with Gasteiger partial charge in [0.25, 0.3) is 0 Å². The average Bonchev–Trinajstić information content (AvgIpc) is 2.98. The standard InChI is InChI=1S/C22H29BN2/c1-17(18-8-4-3-5-9-18)24(2)21-16-22(12-14-25(23)15-13-22)20-11-7-6-10-19(20)21/h3-11,17,21H,12-16,23H2,1-2H3/t17-,21-/m0/s1. The van der Waals surface area contributed by atoms with Crippen molar-refractivity contribution in [2.24, 2.45) is 0 Å². The summed E-state index contributed by atoms with van der Waals surface area (Å²) in [5.74, 6) is 0. The number of nitrogens with zero attached hydrogens (tertiary/aromatic N) is 2. The Morgan fingerprint density at radius 1 is 1.04 bits per heavy atom. The van der Waals surface area contributed by atoms with E-state index in [2.05, 4.69) is 86.3 Å². The van der Waals surface area contributed by atoms with Crippen LogP contribution in [-0.2, 0) is 5.41 Å². The van der Waals surface area contributed by atoms with Crippen LogP contribution in [0.1, 0.15) is 55.0 Å². The Balaban J connectivity index is 1.65. The lowest BCUT2D eigenvalue weighted by molar-refractivity contribution is 0.144. The predicted molar refractivity (Wildman–Crippen MR) is 107 cm³/mol. The zero-order valence-corrected chi connectivity index (χ0v) is 15.8. The normalized spacial score (nSPS) is 23.7. The first-order valence-electron chi connectivity index (χ1n) is 9.65. The fourth-order valence-corrected chi connectivity index (χ4v) is 4.98. The number of fused-ring (bicyclic) bond motifs is 2. The molecule has 0 N–H and O–H groups in total. The summed E-state index contributed by atoms with van der Waals surface area (Å²) in [7, 11) is 4.57.